The number of anilines is 1. The van der Waals surface area contributed by atoms with E-state index < -0.39 is 0 Å². The summed E-state index contributed by atoms with van der Waals surface area (Å²) in [7, 11) is 0. The lowest BCUT2D eigenvalue weighted by atomic mass is 9.94. The van der Waals surface area contributed by atoms with E-state index in [1.54, 1.807) is 6.92 Å². The Kier molecular flexibility index (Phi) is 3.84. The third-order valence-corrected chi connectivity index (χ3v) is 3.73. The fourth-order valence-corrected chi connectivity index (χ4v) is 2.69. The second-order valence-corrected chi connectivity index (χ2v) is 5.29. The molecule has 2 heterocycles. The van der Waals surface area contributed by atoms with Crippen LogP contribution in [0.5, 0.6) is 0 Å². The summed E-state index contributed by atoms with van der Waals surface area (Å²) in [6.45, 7) is 7.07. The van der Waals surface area contributed by atoms with Crippen molar-refractivity contribution in [1.82, 2.24) is 4.98 Å². The fraction of sp³-hybridized carbons (Fsp3) is 0.533. The maximum atomic E-state index is 11.6. The van der Waals surface area contributed by atoms with Gasteiger partial charge in [0, 0.05) is 24.7 Å². The third kappa shape index (κ3) is 2.76. The zero-order valence-corrected chi connectivity index (χ0v) is 11.7. The fourth-order valence-electron chi connectivity index (χ4n) is 2.69. The molecule has 0 spiro atoms. The molecule has 1 unspecified atom stereocenters. The number of nitriles is 1. The van der Waals surface area contributed by atoms with E-state index in [4.69, 9.17) is 0 Å². The van der Waals surface area contributed by atoms with E-state index in [0.29, 0.717) is 12.1 Å². The molecular formula is C15H19N3O. The van der Waals surface area contributed by atoms with E-state index >= 15 is 0 Å². The smallest absolute Gasteiger partial charge is 0.147 e. The maximum absolute atomic E-state index is 11.6. The molecular weight excluding hydrogens is 238 g/mol. The van der Waals surface area contributed by atoms with Gasteiger partial charge in [-0.1, -0.05) is 0 Å². The predicted octanol–water partition coefficient (Wildman–Crippen LogP) is 2.38. The molecule has 4 heteroatoms. The molecule has 1 aromatic heterocycles. The van der Waals surface area contributed by atoms with Gasteiger partial charge in [0.25, 0.3) is 0 Å². The number of carbonyl (C=O) groups is 1. The minimum Gasteiger partial charge on any atom is -0.355 e. The lowest BCUT2D eigenvalue weighted by Crippen LogP contribution is -2.39. The Labute approximate surface area is 114 Å². The zero-order chi connectivity index (χ0) is 14.0. The molecule has 100 valence electrons. The molecule has 0 aliphatic carbocycles. The van der Waals surface area contributed by atoms with Crippen molar-refractivity contribution in [3.63, 3.8) is 0 Å². The highest BCUT2D eigenvalue weighted by atomic mass is 16.1. The summed E-state index contributed by atoms with van der Waals surface area (Å²) >= 11 is 0. The monoisotopic (exact) mass is 257 g/mol. The van der Waals surface area contributed by atoms with Gasteiger partial charge in [-0.3, -0.25) is 4.79 Å². The van der Waals surface area contributed by atoms with Gasteiger partial charge < -0.3 is 4.90 Å². The van der Waals surface area contributed by atoms with Crippen molar-refractivity contribution in [1.29, 1.82) is 5.26 Å². The normalized spacial score (nSPS) is 19.1. The summed E-state index contributed by atoms with van der Waals surface area (Å²) in [4.78, 5) is 18.2. The van der Waals surface area contributed by atoms with Crippen LogP contribution in [0.4, 0.5) is 5.82 Å². The number of pyridine rings is 1. The summed E-state index contributed by atoms with van der Waals surface area (Å²) in [6, 6.07) is 4.17. The topological polar surface area (TPSA) is 57.0 Å². The van der Waals surface area contributed by atoms with Gasteiger partial charge in [-0.05, 0) is 45.2 Å². The highest BCUT2D eigenvalue weighted by molar-refractivity contribution is 5.79. The number of hydrogen-bond acceptors (Lipinski definition) is 4. The Morgan fingerprint density at radius 2 is 2.26 bits per heavy atom. The van der Waals surface area contributed by atoms with Crippen LogP contribution < -0.4 is 4.90 Å². The standard InChI is InChI=1S/C15H19N3O/c1-10-7-11(2)17-15(14(10)8-16)18-6-4-5-13(9-18)12(3)19/h7,13H,4-6,9H2,1-3H3. The van der Waals surface area contributed by atoms with E-state index in [0.717, 1.165) is 36.5 Å². The van der Waals surface area contributed by atoms with Crippen LogP contribution in [0, 0.1) is 31.1 Å². The predicted molar refractivity (Wildman–Crippen MR) is 74.0 cm³/mol. The summed E-state index contributed by atoms with van der Waals surface area (Å²) < 4.78 is 0. The van der Waals surface area contributed by atoms with Crippen molar-refractivity contribution in [2.24, 2.45) is 5.92 Å². The first-order valence-electron chi connectivity index (χ1n) is 6.66. The van der Waals surface area contributed by atoms with Crippen LogP contribution in [0.2, 0.25) is 0 Å². The molecule has 4 nitrogen and oxygen atoms in total. The molecule has 0 N–H and O–H groups in total. The Morgan fingerprint density at radius 3 is 2.89 bits per heavy atom. The summed E-state index contributed by atoms with van der Waals surface area (Å²) in [6.07, 6.45) is 1.92. The molecule has 0 amide bonds. The molecule has 0 saturated carbocycles. The van der Waals surface area contributed by atoms with E-state index in [1.165, 1.54) is 0 Å². The first-order chi connectivity index (χ1) is 9.02. The second-order valence-electron chi connectivity index (χ2n) is 5.29. The molecule has 1 fully saturated rings. The molecule has 0 aromatic carbocycles. The Hall–Kier alpha value is -1.89. The van der Waals surface area contributed by atoms with E-state index in [9.17, 15) is 10.1 Å². The first-order valence-corrected chi connectivity index (χ1v) is 6.66. The molecule has 0 bridgehead atoms. The zero-order valence-electron chi connectivity index (χ0n) is 11.7. The van der Waals surface area contributed by atoms with Gasteiger partial charge in [0.1, 0.15) is 17.7 Å². The third-order valence-electron chi connectivity index (χ3n) is 3.73. The van der Waals surface area contributed by atoms with Crippen molar-refractivity contribution in [3.05, 3.63) is 22.9 Å². The van der Waals surface area contributed by atoms with Crippen molar-refractivity contribution in [2.75, 3.05) is 18.0 Å². The van der Waals surface area contributed by atoms with Crippen molar-refractivity contribution in [3.8, 4) is 6.07 Å². The second kappa shape index (κ2) is 5.40. The van der Waals surface area contributed by atoms with Gasteiger partial charge in [0.2, 0.25) is 0 Å². The van der Waals surface area contributed by atoms with Crippen LogP contribution in [0.1, 0.15) is 36.6 Å². The number of aryl methyl sites for hydroxylation is 2. The van der Waals surface area contributed by atoms with E-state index in [1.807, 2.05) is 19.9 Å². The molecule has 1 aliphatic rings. The summed E-state index contributed by atoms with van der Waals surface area (Å²) in [5.74, 6) is 1.04. The molecule has 19 heavy (non-hydrogen) atoms. The van der Waals surface area contributed by atoms with Gasteiger partial charge in [-0.25, -0.2) is 4.98 Å². The van der Waals surface area contributed by atoms with Gasteiger partial charge >= 0.3 is 0 Å². The van der Waals surface area contributed by atoms with Crippen molar-refractivity contribution in [2.45, 2.75) is 33.6 Å². The average Bonchev–Trinajstić information content (AvgIpc) is 2.38. The average molecular weight is 257 g/mol. The number of nitrogens with zero attached hydrogens (tertiary/aromatic N) is 3. The Morgan fingerprint density at radius 1 is 1.53 bits per heavy atom. The van der Waals surface area contributed by atoms with Crippen LogP contribution in [0.3, 0.4) is 0 Å². The van der Waals surface area contributed by atoms with Crippen LogP contribution >= 0.6 is 0 Å². The SMILES string of the molecule is CC(=O)C1CCCN(c2nc(C)cc(C)c2C#N)C1. The number of Topliss-reactive ketones (excluding diaryl/α,β-unsaturated/α-hetero) is 1. The van der Waals surface area contributed by atoms with E-state index in [2.05, 4.69) is 16.0 Å². The number of rotatable bonds is 2. The van der Waals surface area contributed by atoms with Crippen molar-refractivity contribution >= 4 is 11.6 Å². The molecule has 1 aliphatic heterocycles. The van der Waals surface area contributed by atoms with Gasteiger partial charge in [-0.2, -0.15) is 5.26 Å². The summed E-state index contributed by atoms with van der Waals surface area (Å²) in [5, 5.41) is 9.31. The van der Waals surface area contributed by atoms with Gasteiger partial charge in [-0.15, -0.1) is 0 Å². The minimum absolute atomic E-state index is 0.0721. The number of aromatic nitrogens is 1. The molecule has 2 rings (SSSR count). The Bertz CT molecular complexity index is 545. The lowest BCUT2D eigenvalue weighted by molar-refractivity contribution is -0.120. The highest BCUT2D eigenvalue weighted by Gasteiger charge is 2.26. The van der Waals surface area contributed by atoms with Crippen LogP contribution in [0.15, 0.2) is 6.07 Å². The Balaban J connectivity index is 2.36. The highest BCUT2D eigenvalue weighted by Crippen LogP contribution is 2.27. The molecule has 1 atom stereocenters. The van der Waals surface area contributed by atoms with Gasteiger partial charge in [0.05, 0.1) is 5.56 Å². The van der Waals surface area contributed by atoms with Crippen LogP contribution in [-0.4, -0.2) is 23.9 Å². The van der Waals surface area contributed by atoms with Crippen LogP contribution in [-0.2, 0) is 4.79 Å². The maximum Gasteiger partial charge on any atom is 0.147 e. The number of hydrogen-bond donors (Lipinski definition) is 0. The van der Waals surface area contributed by atoms with Crippen LogP contribution in [0.25, 0.3) is 0 Å². The minimum atomic E-state index is 0.0721. The largest absolute Gasteiger partial charge is 0.355 e. The van der Waals surface area contributed by atoms with Crippen molar-refractivity contribution < 1.29 is 4.79 Å². The lowest BCUT2D eigenvalue weighted by Gasteiger charge is -2.33. The molecule has 0 radical (unpaired) electrons. The number of piperidine rings is 1. The first kappa shape index (κ1) is 13.5. The summed E-state index contributed by atoms with van der Waals surface area (Å²) in [5.41, 5.74) is 2.50. The quantitative estimate of drug-likeness (QED) is 0.816. The number of carbonyl (C=O) groups excluding carboxylic acids is 1. The molecule has 1 saturated heterocycles. The number of ketones is 1. The van der Waals surface area contributed by atoms with E-state index in [-0.39, 0.29) is 11.7 Å². The molecule has 1 aromatic rings. The van der Waals surface area contributed by atoms with Gasteiger partial charge in [0.15, 0.2) is 0 Å².